The van der Waals surface area contributed by atoms with Gasteiger partial charge in [0, 0.05) is 6.20 Å². The van der Waals surface area contributed by atoms with Gasteiger partial charge in [-0.15, -0.1) is 0 Å². The maximum absolute atomic E-state index is 8.93. The third-order valence-electron chi connectivity index (χ3n) is 1.75. The minimum atomic E-state index is 0.448. The third-order valence-corrected chi connectivity index (χ3v) is 2.72. The van der Waals surface area contributed by atoms with Crippen LogP contribution >= 0.6 is 11.8 Å². The summed E-state index contributed by atoms with van der Waals surface area (Å²) in [5, 5.41) is 10.3. The Morgan fingerprint density at radius 2 is 2.25 bits per heavy atom. The van der Waals surface area contributed by atoms with Crippen molar-refractivity contribution in [2.24, 2.45) is 0 Å². The number of aromatic nitrogens is 3. The summed E-state index contributed by atoms with van der Waals surface area (Å²) < 4.78 is 0. The number of hydrogen-bond acceptors (Lipinski definition) is 6. The van der Waals surface area contributed by atoms with E-state index in [0.29, 0.717) is 16.3 Å². The third kappa shape index (κ3) is 2.27. The molecule has 6 heteroatoms. The minimum Gasteiger partial charge on any atom is -0.397 e. The number of nitrogens with zero attached hydrogens (tertiary/aromatic N) is 4. The second kappa shape index (κ2) is 4.59. The van der Waals surface area contributed by atoms with Crippen LogP contribution in [0.2, 0.25) is 0 Å². The van der Waals surface area contributed by atoms with Gasteiger partial charge in [0.15, 0.2) is 0 Å². The van der Waals surface area contributed by atoms with E-state index in [-0.39, 0.29) is 0 Å². The van der Waals surface area contributed by atoms with Crippen LogP contribution in [0.3, 0.4) is 0 Å². The molecule has 0 fully saturated rings. The van der Waals surface area contributed by atoms with Gasteiger partial charge in [-0.25, -0.2) is 15.0 Å². The van der Waals surface area contributed by atoms with Crippen molar-refractivity contribution in [1.82, 2.24) is 15.0 Å². The predicted octanol–water partition coefficient (Wildman–Crippen LogP) is 1.48. The van der Waals surface area contributed by atoms with Gasteiger partial charge in [0.2, 0.25) is 0 Å². The summed E-state index contributed by atoms with van der Waals surface area (Å²) in [7, 11) is 0. The Bertz CT molecular complexity index is 535. The van der Waals surface area contributed by atoms with Gasteiger partial charge in [-0.2, -0.15) is 5.26 Å². The number of nitriles is 1. The Hall–Kier alpha value is -2.13. The van der Waals surface area contributed by atoms with E-state index in [2.05, 4.69) is 15.0 Å². The van der Waals surface area contributed by atoms with Crippen LogP contribution in [0.5, 0.6) is 0 Å². The first-order chi connectivity index (χ1) is 7.79. The van der Waals surface area contributed by atoms with Crippen LogP contribution in [0.4, 0.5) is 5.69 Å². The van der Waals surface area contributed by atoms with Crippen LogP contribution in [0.25, 0.3) is 0 Å². The van der Waals surface area contributed by atoms with Gasteiger partial charge < -0.3 is 5.73 Å². The van der Waals surface area contributed by atoms with Crippen molar-refractivity contribution < 1.29 is 0 Å². The molecule has 0 aliphatic heterocycles. The highest BCUT2D eigenvalue weighted by atomic mass is 32.2. The van der Waals surface area contributed by atoms with Gasteiger partial charge in [0.05, 0.1) is 17.4 Å². The maximum Gasteiger partial charge on any atom is 0.120 e. The second-order valence-corrected chi connectivity index (χ2v) is 3.89. The molecule has 2 aromatic heterocycles. The molecule has 0 aliphatic rings. The van der Waals surface area contributed by atoms with Crippen molar-refractivity contribution in [3.05, 3.63) is 36.4 Å². The lowest BCUT2D eigenvalue weighted by Crippen LogP contribution is -1.92. The molecule has 2 aromatic rings. The van der Waals surface area contributed by atoms with Gasteiger partial charge >= 0.3 is 0 Å². The Kier molecular flexibility index (Phi) is 2.98. The van der Waals surface area contributed by atoms with Crippen molar-refractivity contribution in [3.8, 4) is 6.07 Å². The first kappa shape index (κ1) is 10.4. The number of hydrogen-bond donors (Lipinski definition) is 1. The predicted molar refractivity (Wildman–Crippen MR) is 59.5 cm³/mol. The van der Waals surface area contributed by atoms with Crippen LogP contribution in [0.1, 0.15) is 5.56 Å². The van der Waals surface area contributed by atoms with Crippen LogP contribution in [-0.4, -0.2) is 15.0 Å². The molecule has 0 saturated carbocycles. The highest BCUT2D eigenvalue weighted by Gasteiger charge is 2.06. The summed E-state index contributed by atoms with van der Waals surface area (Å²) in [6.45, 7) is 0. The lowest BCUT2D eigenvalue weighted by Gasteiger charge is -2.02. The van der Waals surface area contributed by atoms with Gasteiger partial charge in [-0.05, 0) is 23.9 Å². The molecular weight excluding hydrogens is 222 g/mol. The van der Waals surface area contributed by atoms with Crippen molar-refractivity contribution >= 4 is 17.4 Å². The van der Waals surface area contributed by atoms with Gasteiger partial charge in [0.25, 0.3) is 0 Å². The molecule has 0 bridgehead atoms. The van der Waals surface area contributed by atoms with Crippen LogP contribution in [0, 0.1) is 11.3 Å². The number of nitrogen functional groups attached to an aromatic ring is 1. The number of anilines is 1. The van der Waals surface area contributed by atoms with Crippen LogP contribution < -0.4 is 5.73 Å². The fourth-order valence-corrected chi connectivity index (χ4v) is 1.81. The summed E-state index contributed by atoms with van der Waals surface area (Å²) in [5.74, 6) is 0. The van der Waals surface area contributed by atoms with E-state index in [1.54, 1.807) is 18.3 Å². The standard InChI is InChI=1S/C10H7N5S/c11-4-7-3-8(12)5-14-10(7)16-9-1-2-13-6-15-9/h1-3,5-6H,12H2. The zero-order valence-corrected chi connectivity index (χ0v) is 8.98. The van der Waals surface area contributed by atoms with E-state index in [9.17, 15) is 0 Å². The molecule has 0 aliphatic carbocycles. The normalized spacial score (nSPS) is 9.69. The maximum atomic E-state index is 8.93. The molecule has 78 valence electrons. The second-order valence-electron chi connectivity index (χ2n) is 2.88. The molecular formula is C10H7N5S. The van der Waals surface area contributed by atoms with Crippen LogP contribution in [-0.2, 0) is 0 Å². The number of pyridine rings is 1. The molecule has 0 radical (unpaired) electrons. The average molecular weight is 229 g/mol. The summed E-state index contributed by atoms with van der Waals surface area (Å²) in [6, 6.07) is 5.40. The van der Waals surface area contributed by atoms with E-state index in [1.807, 2.05) is 6.07 Å². The first-order valence-electron chi connectivity index (χ1n) is 4.39. The van der Waals surface area contributed by atoms with Crippen molar-refractivity contribution in [1.29, 1.82) is 5.26 Å². The van der Waals surface area contributed by atoms with Crippen molar-refractivity contribution in [2.75, 3.05) is 5.73 Å². The first-order valence-corrected chi connectivity index (χ1v) is 5.21. The molecule has 16 heavy (non-hydrogen) atoms. The van der Waals surface area contributed by atoms with Crippen LogP contribution in [0.15, 0.2) is 40.9 Å². The zero-order valence-electron chi connectivity index (χ0n) is 8.16. The SMILES string of the molecule is N#Cc1cc(N)cnc1Sc1ccncn1. The highest BCUT2D eigenvalue weighted by Crippen LogP contribution is 2.27. The average Bonchev–Trinajstić information content (AvgIpc) is 2.33. The lowest BCUT2D eigenvalue weighted by molar-refractivity contribution is 1.03. The Morgan fingerprint density at radius 3 is 2.94 bits per heavy atom. The molecule has 0 unspecified atom stereocenters. The van der Waals surface area contributed by atoms with E-state index < -0.39 is 0 Å². The topological polar surface area (TPSA) is 88.5 Å². The van der Waals surface area contributed by atoms with Gasteiger partial charge in [0.1, 0.15) is 22.4 Å². The molecule has 0 saturated heterocycles. The molecule has 0 spiro atoms. The quantitative estimate of drug-likeness (QED) is 0.784. The summed E-state index contributed by atoms with van der Waals surface area (Å²) in [5.41, 5.74) is 6.47. The fraction of sp³-hybridized carbons (Fsp3) is 0. The molecule has 2 heterocycles. The van der Waals surface area contributed by atoms with E-state index in [0.717, 1.165) is 5.03 Å². The van der Waals surface area contributed by atoms with E-state index >= 15 is 0 Å². The van der Waals surface area contributed by atoms with Gasteiger partial charge in [-0.1, -0.05) is 0 Å². The Labute approximate surface area is 96.4 Å². The number of rotatable bonds is 2. The largest absolute Gasteiger partial charge is 0.397 e. The fourth-order valence-electron chi connectivity index (χ4n) is 1.07. The molecule has 0 atom stereocenters. The molecule has 0 amide bonds. The highest BCUT2D eigenvalue weighted by molar-refractivity contribution is 7.99. The summed E-state index contributed by atoms with van der Waals surface area (Å²) in [4.78, 5) is 12.0. The smallest absolute Gasteiger partial charge is 0.120 e. The molecule has 2 rings (SSSR count). The molecule has 5 nitrogen and oxygen atoms in total. The minimum absolute atomic E-state index is 0.448. The summed E-state index contributed by atoms with van der Waals surface area (Å²) >= 11 is 1.31. The zero-order chi connectivity index (χ0) is 11.4. The van der Waals surface area contributed by atoms with Crippen molar-refractivity contribution in [3.63, 3.8) is 0 Å². The van der Waals surface area contributed by atoms with E-state index in [4.69, 9.17) is 11.0 Å². The Morgan fingerprint density at radius 1 is 1.38 bits per heavy atom. The summed E-state index contributed by atoms with van der Waals surface area (Å²) in [6.07, 6.45) is 4.61. The van der Waals surface area contributed by atoms with E-state index in [1.165, 1.54) is 24.3 Å². The molecule has 0 aromatic carbocycles. The lowest BCUT2D eigenvalue weighted by atomic mass is 10.3. The monoisotopic (exact) mass is 229 g/mol. The van der Waals surface area contributed by atoms with Gasteiger partial charge in [-0.3, -0.25) is 0 Å². The number of nitrogens with two attached hydrogens (primary N) is 1. The van der Waals surface area contributed by atoms with Crippen molar-refractivity contribution in [2.45, 2.75) is 10.1 Å². The molecule has 2 N–H and O–H groups in total. The Balaban J connectivity index is 2.32.